The van der Waals surface area contributed by atoms with Crippen molar-refractivity contribution in [3.8, 4) is 0 Å². The third kappa shape index (κ3) is 3.49. The van der Waals surface area contributed by atoms with Gasteiger partial charge in [-0.05, 0) is 37.3 Å². The maximum absolute atomic E-state index is 5.56. The molecule has 0 atom stereocenters. The number of fused-ring (bicyclic) bond motifs is 1. The van der Waals surface area contributed by atoms with Gasteiger partial charge in [-0.2, -0.15) is 0 Å². The highest BCUT2D eigenvalue weighted by Gasteiger charge is 2.17. The van der Waals surface area contributed by atoms with Gasteiger partial charge >= 0.3 is 0 Å². The van der Waals surface area contributed by atoms with Crippen LogP contribution in [0.25, 0.3) is 10.2 Å². The zero-order valence-corrected chi connectivity index (χ0v) is 13.0. The molecular formula is C14H21N5OS. The molecule has 1 aliphatic rings. The largest absolute Gasteiger partial charge is 0.381 e. The van der Waals surface area contributed by atoms with Gasteiger partial charge in [0.25, 0.3) is 0 Å². The van der Waals surface area contributed by atoms with E-state index in [1.807, 2.05) is 11.4 Å². The fourth-order valence-electron chi connectivity index (χ4n) is 2.76. The Morgan fingerprint density at radius 3 is 3.00 bits per heavy atom. The number of nitrogens with two attached hydrogens (primary N) is 1. The van der Waals surface area contributed by atoms with Crippen LogP contribution in [0.4, 0.5) is 5.82 Å². The van der Waals surface area contributed by atoms with E-state index >= 15 is 0 Å². The molecule has 3 heterocycles. The van der Waals surface area contributed by atoms with Gasteiger partial charge in [-0.15, -0.1) is 11.3 Å². The molecule has 0 unspecified atom stereocenters. The van der Waals surface area contributed by atoms with Crippen LogP contribution in [0.3, 0.4) is 0 Å². The zero-order chi connectivity index (χ0) is 14.7. The van der Waals surface area contributed by atoms with E-state index in [9.17, 15) is 0 Å². The summed E-state index contributed by atoms with van der Waals surface area (Å²) >= 11 is 1.61. The second-order valence-electron chi connectivity index (χ2n) is 5.52. The molecule has 0 bridgehead atoms. The fraction of sp³-hybridized carbons (Fsp3) is 0.571. The summed E-state index contributed by atoms with van der Waals surface area (Å²) in [6.07, 6.45) is 2.29. The van der Waals surface area contributed by atoms with E-state index in [0.717, 1.165) is 55.2 Å². The monoisotopic (exact) mass is 307 g/mol. The molecule has 6 nitrogen and oxygen atoms in total. The maximum Gasteiger partial charge on any atom is 0.152 e. The minimum atomic E-state index is 0.704. The Hall–Kier alpha value is -1.28. The Bertz CT molecular complexity index is 596. The molecule has 2 aromatic heterocycles. The highest BCUT2D eigenvalue weighted by molar-refractivity contribution is 7.16. The molecule has 1 saturated heterocycles. The van der Waals surface area contributed by atoms with Crippen molar-refractivity contribution in [2.75, 3.05) is 32.2 Å². The average molecular weight is 307 g/mol. The number of nitrogens with zero attached hydrogens (tertiary/aromatic N) is 3. The number of hydrogen-bond acceptors (Lipinski definition) is 7. The first-order chi connectivity index (χ1) is 10.3. The summed E-state index contributed by atoms with van der Waals surface area (Å²) in [5, 5.41) is 2.99. The van der Waals surface area contributed by atoms with E-state index in [1.54, 1.807) is 11.3 Å². The molecule has 0 spiro atoms. The molecule has 2 aromatic rings. The first kappa shape index (κ1) is 14.6. The lowest BCUT2D eigenvalue weighted by Crippen LogP contribution is -2.30. The van der Waals surface area contributed by atoms with Crippen molar-refractivity contribution in [2.24, 2.45) is 11.8 Å². The van der Waals surface area contributed by atoms with Crippen molar-refractivity contribution in [3.63, 3.8) is 0 Å². The number of ether oxygens (including phenoxy) is 1. The lowest BCUT2D eigenvalue weighted by Gasteiger charge is -2.26. The van der Waals surface area contributed by atoms with E-state index in [-0.39, 0.29) is 0 Å². The van der Waals surface area contributed by atoms with Crippen LogP contribution in [0.2, 0.25) is 0 Å². The first-order valence-electron chi connectivity index (χ1n) is 7.23. The van der Waals surface area contributed by atoms with E-state index in [0.29, 0.717) is 11.7 Å². The maximum atomic E-state index is 5.56. The van der Waals surface area contributed by atoms with Gasteiger partial charge in [-0.1, -0.05) is 0 Å². The van der Waals surface area contributed by atoms with E-state index in [1.165, 1.54) is 0 Å². The molecule has 1 fully saturated rings. The summed E-state index contributed by atoms with van der Waals surface area (Å²) in [5.41, 5.74) is 2.67. The smallest absolute Gasteiger partial charge is 0.152 e. The molecule has 0 amide bonds. The van der Waals surface area contributed by atoms with Gasteiger partial charge in [0, 0.05) is 19.8 Å². The van der Waals surface area contributed by atoms with Crippen LogP contribution in [0.15, 0.2) is 11.4 Å². The second-order valence-corrected chi connectivity index (χ2v) is 6.42. The summed E-state index contributed by atoms with van der Waals surface area (Å²) in [7, 11) is 2.12. The van der Waals surface area contributed by atoms with Crippen LogP contribution >= 0.6 is 11.3 Å². The topological polar surface area (TPSA) is 76.3 Å². The Labute approximate surface area is 128 Å². The second kappa shape index (κ2) is 6.65. The summed E-state index contributed by atoms with van der Waals surface area (Å²) < 4.78 is 5.41. The minimum absolute atomic E-state index is 0.704. The number of thiophene rings is 1. The van der Waals surface area contributed by atoms with E-state index in [4.69, 9.17) is 10.6 Å². The van der Waals surface area contributed by atoms with Gasteiger partial charge in [-0.3, -0.25) is 4.90 Å². The van der Waals surface area contributed by atoms with E-state index in [2.05, 4.69) is 27.3 Å². The fourth-order valence-corrected chi connectivity index (χ4v) is 3.54. The predicted octanol–water partition coefficient (Wildman–Crippen LogP) is 1.84. The minimum Gasteiger partial charge on any atom is -0.381 e. The lowest BCUT2D eigenvalue weighted by molar-refractivity contribution is 0.0547. The number of nitrogen functional groups attached to an aromatic ring is 1. The van der Waals surface area contributed by atoms with Gasteiger partial charge in [0.05, 0.1) is 11.9 Å². The molecule has 0 radical (unpaired) electrons. The van der Waals surface area contributed by atoms with Crippen molar-refractivity contribution in [3.05, 3.63) is 17.3 Å². The predicted molar refractivity (Wildman–Crippen MR) is 85.1 cm³/mol. The van der Waals surface area contributed by atoms with Gasteiger partial charge in [0.2, 0.25) is 0 Å². The zero-order valence-electron chi connectivity index (χ0n) is 12.2. The molecule has 0 aliphatic carbocycles. The SMILES string of the molecule is CN(Cc1nc(NN)c2ccsc2n1)CC1CCOCC1. The quantitative estimate of drug-likeness (QED) is 0.648. The summed E-state index contributed by atoms with van der Waals surface area (Å²) in [6, 6.07) is 1.99. The molecule has 114 valence electrons. The van der Waals surface area contributed by atoms with Crippen LogP contribution < -0.4 is 11.3 Å². The van der Waals surface area contributed by atoms with Crippen molar-refractivity contribution >= 4 is 27.4 Å². The number of anilines is 1. The Morgan fingerprint density at radius 1 is 1.43 bits per heavy atom. The van der Waals surface area contributed by atoms with Crippen LogP contribution in [0, 0.1) is 5.92 Å². The van der Waals surface area contributed by atoms with E-state index < -0.39 is 0 Å². The summed E-state index contributed by atoms with van der Waals surface area (Å²) in [4.78, 5) is 12.4. The number of hydrazine groups is 1. The number of aromatic nitrogens is 2. The molecule has 3 N–H and O–H groups in total. The molecule has 0 saturated carbocycles. The van der Waals surface area contributed by atoms with Crippen LogP contribution in [0.1, 0.15) is 18.7 Å². The third-order valence-corrected chi connectivity index (χ3v) is 4.64. The molecule has 7 heteroatoms. The van der Waals surface area contributed by atoms with Crippen molar-refractivity contribution < 1.29 is 4.74 Å². The summed E-state index contributed by atoms with van der Waals surface area (Å²) in [6.45, 7) is 3.56. The van der Waals surface area contributed by atoms with Crippen LogP contribution in [-0.2, 0) is 11.3 Å². The lowest BCUT2D eigenvalue weighted by atomic mass is 10.00. The van der Waals surface area contributed by atoms with Crippen molar-refractivity contribution in [1.82, 2.24) is 14.9 Å². The number of rotatable bonds is 5. The number of nitrogens with one attached hydrogen (secondary N) is 1. The molecule has 0 aromatic carbocycles. The normalized spacial score (nSPS) is 16.7. The third-order valence-electron chi connectivity index (χ3n) is 3.83. The van der Waals surface area contributed by atoms with Gasteiger partial charge in [-0.25, -0.2) is 15.8 Å². The molecule has 3 rings (SSSR count). The molecule has 21 heavy (non-hydrogen) atoms. The van der Waals surface area contributed by atoms with Crippen LogP contribution in [0.5, 0.6) is 0 Å². The average Bonchev–Trinajstić information content (AvgIpc) is 2.95. The molecule has 1 aliphatic heterocycles. The Kier molecular flexibility index (Phi) is 4.64. The molecular weight excluding hydrogens is 286 g/mol. The highest BCUT2D eigenvalue weighted by Crippen LogP contribution is 2.25. The van der Waals surface area contributed by atoms with Gasteiger partial charge in [0.15, 0.2) is 5.82 Å². The summed E-state index contributed by atoms with van der Waals surface area (Å²) in [5.74, 6) is 7.79. The van der Waals surface area contributed by atoms with Crippen molar-refractivity contribution in [2.45, 2.75) is 19.4 Å². The standard InChI is InChI=1S/C14H21N5OS/c1-19(8-10-2-5-20-6-3-10)9-12-16-13(18-15)11-4-7-21-14(11)17-12/h4,7,10H,2-3,5-6,8-9,15H2,1H3,(H,16,17,18). The Morgan fingerprint density at radius 2 is 2.24 bits per heavy atom. The van der Waals surface area contributed by atoms with Crippen LogP contribution in [-0.4, -0.2) is 41.7 Å². The first-order valence-corrected chi connectivity index (χ1v) is 8.11. The Balaban J connectivity index is 1.68. The van der Waals surface area contributed by atoms with Gasteiger partial charge < -0.3 is 10.2 Å². The van der Waals surface area contributed by atoms with Crippen molar-refractivity contribution in [1.29, 1.82) is 0 Å². The highest BCUT2D eigenvalue weighted by atomic mass is 32.1. The number of hydrogen-bond donors (Lipinski definition) is 2. The van der Waals surface area contributed by atoms with Gasteiger partial charge in [0.1, 0.15) is 10.7 Å².